The third-order valence-corrected chi connectivity index (χ3v) is 4.32. The van der Waals surface area contributed by atoms with Crippen molar-refractivity contribution >= 4 is 11.8 Å². The zero-order valence-corrected chi connectivity index (χ0v) is 16.0. The zero-order valence-electron chi connectivity index (χ0n) is 16.0. The van der Waals surface area contributed by atoms with E-state index in [1.165, 1.54) is 0 Å². The summed E-state index contributed by atoms with van der Waals surface area (Å²) in [6.45, 7) is 4.15. The summed E-state index contributed by atoms with van der Waals surface area (Å²) in [6, 6.07) is 12.2. The van der Waals surface area contributed by atoms with Crippen molar-refractivity contribution in [2.24, 2.45) is 7.05 Å². The second-order valence-electron chi connectivity index (χ2n) is 6.49. The molecule has 0 bridgehead atoms. The molecule has 0 unspecified atom stereocenters. The van der Waals surface area contributed by atoms with E-state index in [-0.39, 0.29) is 5.91 Å². The molecule has 0 radical (unpaired) electrons. The number of carbonyl (C=O) groups is 2. The Kier molecular flexibility index (Phi) is 5.74. The number of nitrogens with zero attached hydrogens (tertiary/aromatic N) is 2. The van der Waals surface area contributed by atoms with Crippen LogP contribution in [0.1, 0.15) is 37.7 Å². The summed E-state index contributed by atoms with van der Waals surface area (Å²) in [5.41, 5.74) is 7.71. The fourth-order valence-electron chi connectivity index (χ4n) is 2.71. The standard InChI is InChI=1S/C21H22N4O3/c1-14-4-9-18(15(2)12-14)21(27)24-23-20(26)16-5-7-17(8-6-16)28-13-19-22-10-11-25(19)3/h4-12H,13H2,1-3H3,(H,23,26)(H,24,27). The Hall–Kier alpha value is -3.61. The third kappa shape index (κ3) is 4.56. The molecule has 0 aliphatic carbocycles. The van der Waals surface area contributed by atoms with Crippen LogP contribution in [0.5, 0.6) is 5.75 Å². The van der Waals surface area contributed by atoms with Gasteiger partial charge in [0.2, 0.25) is 0 Å². The number of amides is 2. The van der Waals surface area contributed by atoms with Crippen LogP contribution in [0.4, 0.5) is 0 Å². The molecule has 7 nitrogen and oxygen atoms in total. The number of hydrogen-bond donors (Lipinski definition) is 2. The molecule has 0 saturated heterocycles. The van der Waals surface area contributed by atoms with Crippen molar-refractivity contribution in [2.75, 3.05) is 0 Å². The molecule has 0 saturated carbocycles. The van der Waals surface area contributed by atoms with Gasteiger partial charge in [0.05, 0.1) is 0 Å². The number of hydrogen-bond acceptors (Lipinski definition) is 4. The molecule has 1 heterocycles. The maximum atomic E-state index is 12.2. The Morgan fingerprint density at radius 3 is 2.39 bits per heavy atom. The molecule has 0 atom stereocenters. The van der Waals surface area contributed by atoms with E-state index in [9.17, 15) is 9.59 Å². The van der Waals surface area contributed by atoms with E-state index in [0.717, 1.165) is 17.0 Å². The normalized spacial score (nSPS) is 10.4. The number of hydrazine groups is 1. The average molecular weight is 378 g/mol. The van der Waals surface area contributed by atoms with Gasteiger partial charge in [-0.1, -0.05) is 17.7 Å². The lowest BCUT2D eigenvalue weighted by molar-refractivity contribution is 0.0846. The molecule has 144 valence electrons. The van der Waals surface area contributed by atoms with Crippen LogP contribution in [0.25, 0.3) is 0 Å². The van der Waals surface area contributed by atoms with Gasteiger partial charge in [0, 0.05) is 30.6 Å². The number of ether oxygens (including phenoxy) is 1. The first-order chi connectivity index (χ1) is 13.4. The summed E-state index contributed by atoms with van der Waals surface area (Å²) in [4.78, 5) is 28.7. The van der Waals surface area contributed by atoms with E-state index in [1.54, 1.807) is 36.5 Å². The van der Waals surface area contributed by atoms with Crippen LogP contribution in [-0.2, 0) is 13.7 Å². The van der Waals surface area contributed by atoms with Crippen molar-refractivity contribution in [3.05, 3.63) is 82.9 Å². The maximum absolute atomic E-state index is 12.2. The Morgan fingerprint density at radius 2 is 1.75 bits per heavy atom. The largest absolute Gasteiger partial charge is 0.486 e. The molecule has 0 aliphatic rings. The van der Waals surface area contributed by atoms with Gasteiger partial charge < -0.3 is 9.30 Å². The van der Waals surface area contributed by atoms with Crippen molar-refractivity contribution in [2.45, 2.75) is 20.5 Å². The van der Waals surface area contributed by atoms with Crippen LogP contribution in [0.15, 0.2) is 54.9 Å². The molecule has 3 rings (SSSR count). The predicted molar refractivity (Wildman–Crippen MR) is 105 cm³/mol. The van der Waals surface area contributed by atoms with E-state index in [0.29, 0.717) is 23.5 Å². The van der Waals surface area contributed by atoms with Crippen molar-refractivity contribution in [1.29, 1.82) is 0 Å². The Balaban J connectivity index is 1.54. The second kappa shape index (κ2) is 8.39. The van der Waals surface area contributed by atoms with Gasteiger partial charge in [0.25, 0.3) is 11.8 Å². The molecule has 0 fully saturated rings. The smallest absolute Gasteiger partial charge is 0.269 e. The minimum atomic E-state index is -0.409. The first-order valence-corrected chi connectivity index (χ1v) is 8.81. The molecule has 1 aromatic heterocycles. The quantitative estimate of drug-likeness (QED) is 0.669. The molecule has 2 N–H and O–H groups in total. The minimum Gasteiger partial charge on any atom is -0.486 e. The lowest BCUT2D eigenvalue weighted by Gasteiger charge is -2.10. The van der Waals surface area contributed by atoms with Gasteiger partial charge in [-0.2, -0.15) is 0 Å². The van der Waals surface area contributed by atoms with Crippen LogP contribution >= 0.6 is 0 Å². The van der Waals surface area contributed by atoms with Crippen LogP contribution in [0.3, 0.4) is 0 Å². The Bertz CT molecular complexity index is 993. The van der Waals surface area contributed by atoms with E-state index in [4.69, 9.17) is 4.74 Å². The van der Waals surface area contributed by atoms with Crippen LogP contribution in [0, 0.1) is 13.8 Å². The van der Waals surface area contributed by atoms with Gasteiger partial charge in [0.1, 0.15) is 18.2 Å². The third-order valence-electron chi connectivity index (χ3n) is 4.32. The number of benzene rings is 2. The first kappa shape index (κ1) is 19.2. The Morgan fingerprint density at radius 1 is 1.04 bits per heavy atom. The van der Waals surface area contributed by atoms with Crippen LogP contribution in [-0.4, -0.2) is 21.4 Å². The fourth-order valence-corrected chi connectivity index (χ4v) is 2.71. The van der Waals surface area contributed by atoms with Gasteiger partial charge in [-0.3, -0.25) is 20.4 Å². The highest BCUT2D eigenvalue weighted by Crippen LogP contribution is 2.14. The lowest BCUT2D eigenvalue weighted by Crippen LogP contribution is -2.41. The summed E-state index contributed by atoms with van der Waals surface area (Å²) >= 11 is 0. The topological polar surface area (TPSA) is 85.2 Å². The number of nitrogens with one attached hydrogen (secondary N) is 2. The van der Waals surface area contributed by atoms with Crippen molar-refractivity contribution < 1.29 is 14.3 Å². The molecule has 2 amide bonds. The highest BCUT2D eigenvalue weighted by molar-refractivity contribution is 5.99. The predicted octanol–water partition coefficient (Wildman–Crippen LogP) is 2.69. The molecule has 0 spiro atoms. The van der Waals surface area contributed by atoms with E-state index in [2.05, 4.69) is 15.8 Å². The van der Waals surface area contributed by atoms with E-state index >= 15 is 0 Å². The molecule has 28 heavy (non-hydrogen) atoms. The fraction of sp³-hybridized carbons (Fsp3) is 0.190. The molecule has 0 aliphatic heterocycles. The minimum absolute atomic E-state index is 0.334. The SMILES string of the molecule is Cc1ccc(C(=O)NNC(=O)c2ccc(OCc3nccn3C)cc2)c(C)c1. The van der Waals surface area contributed by atoms with Crippen molar-refractivity contribution in [3.8, 4) is 5.75 Å². The van der Waals surface area contributed by atoms with Gasteiger partial charge in [-0.25, -0.2) is 4.98 Å². The summed E-state index contributed by atoms with van der Waals surface area (Å²) in [7, 11) is 1.89. The van der Waals surface area contributed by atoms with Gasteiger partial charge in [-0.15, -0.1) is 0 Å². The lowest BCUT2D eigenvalue weighted by atomic mass is 10.1. The van der Waals surface area contributed by atoms with Crippen molar-refractivity contribution in [1.82, 2.24) is 20.4 Å². The number of aromatic nitrogens is 2. The summed E-state index contributed by atoms with van der Waals surface area (Å²) in [5.74, 6) is 0.657. The molecule has 2 aromatic carbocycles. The maximum Gasteiger partial charge on any atom is 0.269 e. The molecule has 7 heteroatoms. The average Bonchev–Trinajstić information content (AvgIpc) is 3.09. The van der Waals surface area contributed by atoms with E-state index in [1.807, 2.05) is 43.8 Å². The van der Waals surface area contributed by atoms with Gasteiger partial charge in [-0.05, 0) is 49.7 Å². The number of aryl methyl sites for hydroxylation is 3. The summed E-state index contributed by atoms with van der Waals surface area (Å²) in [6.07, 6.45) is 3.55. The number of carbonyl (C=O) groups excluding carboxylic acids is 2. The monoisotopic (exact) mass is 378 g/mol. The molecular weight excluding hydrogens is 356 g/mol. The van der Waals surface area contributed by atoms with Crippen LogP contribution in [0.2, 0.25) is 0 Å². The van der Waals surface area contributed by atoms with Gasteiger partial charge in [0.15, 0.2) is 0 Å². The summed E-state index contributed by atoms with van der Waals surface area (Å²) in [5, 5.41) is 0. The second-order valence-corrected chi connectivity index (χ2v) is 6.49. The van der Waals surface area contributed by atoms with Gasteiger partial charge >= 0.3 is 0 Å². The van der Waals surface area contributed by atoms with Crippen LogP contribution < -0.4 is 15.6 Å². The number of rotatable bonds is 5. The highest BCUT2D eigenvalue weighted by Gasteiger charge is 2.11. The summed E-state index contributed by atoms with van der Waals surface area (Å²) < 4.78 is 7.54. The first-order valence-electron chi connectivity index (χ1n) is 8.81. The highest BCUT2D eigenvalue weighted by atomic mass is 16.5. The molecule has 3 aromatic rings. The molecular formula is C21H22N4O3. The number of imidazole rings is 1. The van der Waals surface area contributed by atoms with Crippen molar-refractivity contribution in [3.63, 3.8) is 0 Å². The Labute approximate surface area is 163 Å². The van der Waals surface area contributed by atoms with E-state index < -0.39 is 5.91 Å². The zero-order chi connectivity index (χ0) is 20.1.